The number of nitrogens with one attached hydrogen (secondary N) is 2. The Morgan fingerprint density at radius 3 is 2.39 bits per heavy atom. The summed E-state index contributed by atoms with van der Waals surface area (Å²) in [6, 6.07) is 8.32. The van der Waals surface area contributed by atoms with Crippen molar-refractivity contribution in [3.8, 4) is 5.75 Å². The quantitative estimate of drug-likeness (QED) is 0.331. The number of benzene rings is 1. The average Bonchev–Trinajstić information content (AvgIpc) is 2.89. The highest BCUT2D eigenvalue weighted by Gasteiger charge is 2.09. The van der Waals surface area contributed by atoms with Crippen molar-refractivity contribution in [2.24, 2.45) is 18.0 Å². The van der Waals surface area contributed by atoms with E-state index in [0.29, 0.717) is 12.5 Å². The smallest absolute Gasteiger partial charge is 0.191 e. The molecule has 1 aromatic carbocycles. The highest BCUT2D eigenvalue weighted by atomic mass is 127. The average molecular weight is 499 g/mol. The maximum atomic E-state index is 5.73. The molecule has 2 rings (SSSR count). The minimum Gasteiger partial charge on any atom is -0.493 e. The number of ether oxygens (including phenoxy) is 1. The van der Waals surface area contributed by atoms with Gasteiger partial charge in [-0.3, -0.25) is 9.67 Å². The van der Waals surface area contributed by atoms with Crippen LogP contribution in [0, 0.1) is 19.8 Å². The molecule has 0 bridgehead atoms. The summed E-state index contributed by atoms with van der Waals surface area (Å²) in [5.74, 6) is 2.27. The highest BCUT2D eigenvalue weighted by Crippen LogP contribution is 2.13. The largest absolute Gasteiger partial charge is 0.493 e. The molecule has 1 aromatic heterocycles. The molecule has 0 saturated heterocycles. The summed E-state index contributed by atoms with van der Waals surface area (Å²) in [5, 5.41) is 11.2. The van der Waals surface area contributed by atoms with Crippen LogP contribution in [0.5, 0.6) is 5.75 Å². The van der Waals surface area contributed by atoms with Gasteiger partial charge in [-0.1, -0.05) is 26.0 Å². The van der Waals surface area contributed by atoms with E-state index in [1.165, 1.54) is 16.8 Å². The lowest BCUT2D eigenvalue weighted by atomic mass is 10.1. The van der Waals surface area contributed by atoms with Crippen molar-refractivity contribution in [1.29, 1.82) is 0 Å². The second kappa shape index (κ2) is 11.9. The molecular formula is C21H34IN5O. The van der Waals surface area contributed by atoms with Crippen LogP contribution in [0.2, 0.25) is 0 Å². The van der Waals surface area contributed by atoms with Gasteiger partial charge in [0.15, 0.2) is 5.96 Å². The number of guanidine groups is 1. The summed E-state index contributed by atoms with van der Waals surface area (Å²) in [4.78, 5) is 4.30. The molecule has 0 spiro atoms. The number of aromatic nitrogens is 2. The molecular weight excluding hydrogens is 465 g/mol. The van der Waals surface area contributed by atoms with Crippen LogP contribution in [0.15, 0.2) is 29.3 Å². The van der Waals surface area contributed by atoms with Gasteiger partial charge in [-0.05, 0) is 43.9 Å². The molecule has 7 heteroatoms. The predicted molar refractivity (Wildman–Crippen MR) is 127 cm³/mol. The monoisotopic (exact) mass is 499 g/mol. The highest BCUT2D eigenvalue weighted by molar-refractivity contribution is 14.0. The fraction of sp³-hybridized carbons (Fsp3) is 0.524. The molecule has 0 fully saturated rings. The van der Waals surface area contributed by atoms with E-state index in [2.05, 4.69) is 53.6 Å². The summed E-state index contributed by atoms with van der Waals surface area (Å²) in [6.45, 7) is 10.7. The van der Waals surface area contributed by atoms with Gasteiger partial charge in [0.25, 0.3) is 0 Å². The number of aliphatic imine (C=N–C) groups is 1. The third-order valence-corrected chi connectivity index (χ3v) is 4.53. The first-order valence-corrected chi connectivity index (χ1v) is 9.56. The molecule has 0 aliphatic carbocycles. The van der Waals surface area contributed by atoms with Crippen LogP contribution in [0.4, 0.5) is 0 Å². The Labute approximate surface area is 186 Å². The number of rotatable bonds is 8. The first kappa shape index (κ1) is 24.3. The maximum absolute atomic E-state index is 5.73. The first-order valence-electron chi connectivity index (χ1n) is 9.56. The fourth-order valence-electron chi connectivity index (χ4n) is 2.81. The summed E-state index contributed by atoms with van der Waals surface area (Å²) in [5.41, 5.74) is 4.72. The van der Waals surface area contributed by atoms with Crippen LogP contribution in [0.3, 0.4) is 0 Å². The van der Waals surface area contributed by atoms with Crippen LogP contribution >= 0.6 is 24.0 Å². The molecule has 0 unspecified atom stereocenters. The van der Waals surface area contributed by atoms with E-state index in [1.807, 2.05) is 30.8 Å². The Balaban J connectivity index is 0.00000392. The Bertz CT molecular complexity index is 753. The van der Waals surface area contributed by atoms with Crippen LogP contribution < -0.4 is 15.4 Å². The van der Waals surface area contributed by atoms with Gasteiger partial charge in [-0.25, -0.2) is 0 Å². The number of hydrogen-bond acceptors (Lipinski definition) is 3. The van der Waals surface area contributed by atoms with Crippen molar-refractivity contribution in [3.63, 3.8) is 0 Å². The predicted octanol–water partition coefficient (Wildman–Crippen LogP) is 3.60. The van der Waals surface area contributed by atoms with Crippen molar-refractivity contribution in [1.82, 2.24) is 20.4 Å². The van der Waals surface area contributed by atoms with Gasteiger partial charge in [0.1, 0.15) is 5.75 Å². The standard InChI is InChI=1S/C21H33N5O.HI/c1-15(2)14-27-19-9-7-18(8-10-19)11-12-23-21(22-5)24-13-20-16(3)25-26(6)17(20)4;/h7-10,15H,11-14H2,1-6H3,(H2,22,23,24);1H. The third kappa shape index (κ3) is 7.33. The van der Waals surface area contributed by atoms with Crippen LogP contribution in [0.25, 0.3) is 0 Å². The fourth-order valence-corrected chi connectivity index (χ4v) is 2.81. The minimum absolute atomic E-state index is 0. The second-order valence-electron chi connectivity index (χ2n) is 7.22. The second-order valence-corrected chi connectivity index (χ2v) is 7.22. The van der Waals surface area contributed by atoms with Crippen molar-refractivity contribution < 1.29 is 4.74 Å². The van der Waals surface area contributed by atoms with Crippen molar-refractivity contribution >= 4 is 29.9 Å². The number of halogens is 1. The van der Waals surface area contributed by atoms with E-state index >= 15 is 0 Å². The third-order valence-electron chi connectivity index (χ3n) is 4.53. The summed E-state index contributed by atoms with van der Waals surface area (Å²) >= 11 is 0. The lowest BCUT2D eigenvalue weighted by Crippen LogP contribution is -2.38. The topological polar surface area (TPSA) is 63.5 Å². The van der Waals surface area contributed by atoms with Gasteiger partial charge in [0.05, 0.1) is 12.3 Å². The van der Waals surface area contributed by atoms with E-state index < -0.39 is 0 Å². The molecule has 0 saturated carbocycles. The summed E-state index contributed by atoms with van der Waals surface area (Å²) in [6.07, 6.45) is 0.927. The molecule has 0 amide bonds. The lowest BCUT2D eigenvalue weighted by Gasteiger charge is -2.13. The number of aryl methyl sites for hydroxylation is 2. The lowest BCUT2D eigenvalue weighted by molar-refractivity contribution is 0.271. The Morgan fingerprint density at radius 2 is 1.86 bits per heavy atom. The van der Waals surface area contributed by atoms with Gasteiger partial charge in [-0.15, -0.1) is 24.0 Å². The molecule has 1 heterocycles. The maximum Gasteiger partial charge on any atom is 0.191 e. The Morgan fingerprint density at radius 1 is 1.18 bits per heavy atom. The van der Waals surface area contributed by atoms with Crippen LogP contribution in [-0.4, -0.2) is 35.9 Å². The zero-order valence-electron chi connectivity index (χ0n) is 17.9. The molecule has 0 atom stereocenters. The van der Waals surface area contributed by atoms with E-state index in [4.69, 9.17) is 4.74 Å². The first-order chi connectivity index (χ1) is 12.9. The molecule has 0 aliphatic rings. The Hall–Kier alpha value is -1.77. The molecule has 0 radical (unpaired) electrons. The van der Waals surface area contributed by atoms with E-state index in [9.17, 15) is 0 Å². The van der Waals surface area contributed by atoms with Gasteiger partial charge in [0.2, 0.25) is 0 Å². The zero-order chi connectivity index (χ0) is 19.8. The summed E-state index contributed by atoms with van der Waals surface area (Å²) < 4.78 is 7.64. The molecule has 156 valence electrons. The van der Waals surface area contributed by atoms with Crippen LogP contribution in [-0.2, 0) is 20.0 Å². The van der Waals surface area contributed by atoms with E-state index in [-0.39, 0.29) is 24.0 Å². The SMILES string of the molecule is CN=C(NCCc1ccc(OCC(C)C)cc1)NCc1c(C)nn(C)c1C.I. The molecule has 2 N–H and O–H groups in total. The number of hydrogen-bond donors (Lipinski definition) is 2. The van der Waals surface area contributed by atoms with E-state index in [0.717, 1.165) is 37.0 Å². The Kier molecular flexibility index (Phi) is 10.3. The van der Waals surface area contributed by atoms with Gasteiger partial charge >= 0.3 is 0 Å². The van der Waals surface area contributed by atoms with Gasteiger partial charge in [0, 0.05) is 38.4 Å². The normalized spacial score (nSPS) is 11.3. The van der Waals surface area contributed by atoms with Gasteiger partial charge < -0.3 is 15.4 Å². The molecule has 2 aromatic rings. The summed E-state index contributed by atoms with van der Waals surface area (Å²) in [7, 11) is 3.76. The zero-order valence-corrected chi connectivity index (χ0v) is 20.2. The molecule has 28 heavy (non-hydrogen) atoms. The van der Waals surface area contributed by atoms with Crippen molar-refractivity contribution in [3.05, 3.63) is 46.8 Å². The van der Waals surface area contributed by atoms with E-state index in [1.54, 1.807) is 7.05 Å². The number of nitrogens with zero attached hydrogens (tertiary/aromatic N) is 3. The molecule has 6 nitrogen and oxygen atoms in total. The van der Waals surface area contributed by atoms with Crippen molar-refractivity contribution in [2.75, 3.05) is 20.2 Å². The minimum atomic E-state index is 0. The molecule has 0 aliphatic heterocycles. The van der Waals surface area contributed by atoms with Gasteiger partial charge in [-0.2, -0.15) is 5.10 Å². The van der Waals surface area contributed by atoms with Crippen LogP contribution in [0.1, 0.15) is 36.4 Å². The van der Waals surface area contributed by atoms with Crippen molar-refractivity contribution in [2.45, 2.75) is 40.7 Å².